The number of hydrogen-bond acceptors (Lipinski definition) is 4. The van der Waals surface area contributed by atoms with Crippen LogP contribution in [0.2, 0.25) is 0 Å². The first-order chi connectivity index (χ1) is 10.1. The topological polar surface area (TPSA) is 75.5 Å². The molecule has 0 unspecified atom stereocenters. The SMILES string of the molecule is CCCCNC(=O)c1cc([N+](=O)[O-])ccc1N1CCCC1. The molecule has 0 aliphatic carbocycles. The minimum absolute atomic E-state index is 0.0430. The number of hydrogen-bond donors (Lipinski definition) is 1. The average Bonchev–Trinajstić information content (AvgIpc) is 3.00. The van der Waals surface area contributed by atoms with E-state index in [1.54, 1.807) is 6.07 Å². The zero-order valence-electron chi connectivity index (χ0n) is 12.3. The lowest BCUT2D eigenvalue weighted by Gasteiger charge is -2.20. The van der Waals surface area contributed by atoms with Gasteiger partial charge in [0.15, 0.2) is 0 Å². The van der Waals surface area contributed by atoms with E-state index in [4.69, 9.17) is 0 Å². The molecule has 114 valence electrons. The van der Waals surface area contributed by atoms with Crippen molar-refractivity contribution in [2.75, 3.05) is 24.5 Å². The number of non-ortho nitro benzene ring substituents is 1. The van der Waals surface area contributed by atoms with Crippen LogP contribution in [0.1, 0.15) is 43.0 Å². The highest BCUT2D eigenvalue weighted by molar-refractivity contribution is 6.00. The average molecular weight is 291 g/mol. The molecule has 1 heterocycles. The molecule has 0 bridgehead atoms. The van der Waals surface area contributed by atoms with Crippen molar-refractivity contribution in [1.29, 1.82) is 0 Å². The van der Waals surface area contributed by atoms with Crippen molar-refractivity contribution in [3.63, 3.8) is 0 Å². The minimum Gasteiger partial charge on any atom is -0.371 e. The molecule has 1 aliphatic heterocycles. The molecule has 1 aromatic carbocycles. The van der Waals surface area contributed by atoms with Crippen LogP contribution >= 0.6 is 0 Å². The molecule has 6 heteroatoms. The van der Waals surface area contributed by atoms with Gasteiger partial charge in [-0.25, -0.2) is 0 Å². The van der Waals surface area contributed by atoms with E-state index in [1.165, 1.54) is 12.1 Å². The van der Waals surface area contributed by atoms with Crippen molar-refractivity contribution in [3.05, 3.63) is 33.9 Å². The van der Waals surface area contributed by atoms with Gasteiger partial charge >= 0.3 is 0 Å². The van der Waals surface area contributed by atoms with E-state index in [9.17, 15) is 14.9 Å². The molecule has 0 aromatic heterocycles. The van der Waals surface area contributed by atoms with Gasteiger partial charge in [0, 0.05) is 31.8 Å². The summed E-state index contributed by atoms with van der Waals surface area (Å²) < 4.78 is 0. The summed E-state index contributed by atoms with van der Waals surface area (Å²) in [6.07, 6.45) is 4.08. The third kappa shape index (κ3) is 3.71. The lowest BCUT2D eigenvalue weighted by atomic mass is 10.1. The lowest BCUT2D eigenvalue weighted by molar-refractivity contribution is -0.384. The first-order valence-electron chi connectivity index (χ1n) is 7.45. The largest absolute Gasteiger partial charge is 0.371 e. The van der Waals surface area contributed by atoms with Gasteiger partial charge in [0.1, 0.15) is 0 Å². The second-order valence-corrected chi connectivity index (χ2v) is 5.26. The lowest BCUT2D eigenvalue weighted by Crippen LogP contribution is -2.28. The van der Waals surface area contributed by atoms with Gasteiger partial charge in [-0.3, -0.25) is 14.9 Å². The Morgan fingerprint density at radius 2 is 2.10 bits per heavy atom. The monoisotopic (exact) mass is 291 g/mol. The van der Waals surface area contributed by atoms with Crippen LogP contribution in [0.3, 0.4) is 0 Å². The number of amides is 1. The molecule has 1 aromatic rings. The number of carbonyl (C=O) groups is 1. The molecule has 1 saturated heterocycles. The predicted molar refractivity (Wildman–Crippen MR) is 81.8 cm³/mol. The van der Waals surface area contributed by atoms with E-state index >= 15 is 0 Å². The first kappa shape index (κ1) is 15.3. The molecule has 0 spiro atoms. The summed E-state index contributed by atoms with van der Waals surface area (Å²) in [5, 5.41) is 13.8. The quantitative estimate of drug-likeness (QED) is 0.497. The van der Waals surface area contributed by atoms with Crippen LogP contribution < -0.4 is 10.2 Å². The van der Waals surface area contributed by atoms with E-state index in [2.05, 4.69) is 17.1 Å². The Bertz CT molecular complexity index is 525. The molecule has 0 saturated carbocycles. The van der Waals surface area contributed by atoms with E-state index in [0.29, 0.717) is 12.1 Å². The molecule has 1 amide bonds. The Morgan fingerprint density at radius 1 is 1.38 bits per heavy atom. The predicted octanol–water partition coefficient (Wildman–Crippen LogP) is 2.72. The molecule has 6 nitrogen and oxygen atoms in total. The summed E-state index contributed by atoms with van der Waals surface area (Å²) in [5.41, 5.74) is 1.16. The fourth-order valence-electron chi connectivity index (χ4n) is 2.53. The van der Waals surface area contributed by atoms with Crippen LogP contribution in [0.15, 0.2) is 18.2 Å². The summed E-state index contributed by atoms with van der Waals surface area (Å²) in [6.45, 7) is 4.44. The molecule has 1 fully saturated rings. The van der Waals surface area contributed by atoms with Crippen molar-refractivity contribution in [2.45, 2.75) is 32.6 Å². The highest BCUT2D eigenvalue weighted by atomic mass is 16.6. The van der Waals surface area contributed by atoms with Crippen LogP contribution in [0, 0.1) is 10.1 Å². The van der Waals surface area contributed by atoms with Crippen molar-refractivity contribution in [1.82, 2.24) is 5.32 Å². The van der Waals surface area contributed by atoms with Gasteiger partial charge in [-0.15, -0.1) is 0 Å². The number of carbonyl (C=O) groups excluding carboxylic acids is 1. The number of benzene rings is 1. The summed E-state index contributed by atoms with van der Waals surface area (Å²) in [5.74, 6) is -0.228. The number of anilines is 1. The summed E-state index contributed by atoms with van der Waals surface area (Å²) >= 11 is 0. The van der Waals surface area contributed by atoms with Gasteiger partial charge in [-0.05, 0) is 25.3 Å². The first-order valence-corrected chi connectivity index (χ1v) is 7.45. The maximum atomic E-state index is 12.3. The van der Waals surface area contributed by atoms with Gasteiger partial charge in [-0.2, -0.15) is 0 Å². The summed E-state index contributed by atoms with van der Waals surface area (Å²) in [4.78, 5) is 24.9. The fraction of sp³-hybridized carbons (Fsp3) is 0.533. The molecule has 1 N–H and O–H groups in total. The van der Waals surface area contributed by atoms with E-state index < -0.39 is 4.92 Å². The van der Waals surface area contributed by atoms with Crippen LogP contribution in [-0.2, 0) is 0 Å². The standard InChI is InChI=1S/C15H21N3O3/c1-2-3-8-16-15(19)13-11-12(18(20)21)6-7-14(13)17-9-4-5-10-17/h6-7,11H,2-5,8-10H2,1H3,(H,16,19). The Balaban J connectivity index is 2.26. The number of rotatable bonds is 6. The smallest absolute Gasteiger partial charge is 0.270 e. The molecule has 21 heavy (non-hydrogen) atoms. The number of nitrogens with zero attached hydrogens (tertiary/aromatic N) is 2. The van der Waals surface area contributed by atoms with Crippen molar-refractivity contribution < 1.29 is 9.72 Å². The van der Waals surface area contributed by atoms with Crippen molar-refractivity contribution in [2.24, 2.45) is 0 Å². The van der Waals surface area contributed by atoms with Crippen LogP contribution in [0.4, 0.5) is 11.4 Å². The Morgan fingerprint density at radius 3 is 2.71 bits per heavy atom. The number of nitrogens with one attached hydrogen (secondary N) is 1. The van der Waals surface area contributed by atoms with Crippen LogP contribution in [-0.4, -0.2) is 30.5 Å². The van der Waals surface area contributed by atoms with Crippen LogP contribution in [0.25, 0.3) is 0 Å². The normalized spacial score (nSPS) is 14.2. The molecule has 1 aliphatic rings. The molecular formula is C15H21N3O3. The van der Waals surface area contributed by atoms with Gasteiger partial charge < -0.3 is 10.2 Å². The Labute approximate surface area is 124 Å². The van der Waals surface area contributed by atoms with Gasteiger partial charge in [0.2, 0.25) is 0 Å². The fourth-order valence-corrected chi connectivity index (χ4v) is 2.53. The second-order valence-electron chi connectivity index (χ2n) is 5.26. The maximum absolute atomic E-state index is 12.3. The number of nitro benzene ring substituents is 1. The molecular weight excluding hydrogens is 270 g/mol. The zero-order valence-corrected chi connectivity index (χ0v) is 12.3. The maximum Gasteiger partial charge on any atom is 0.270 e. The van der Waals surface area contributed by atoms with Gasteiger partial charge in [0.25, 0.3) is 11.6 Å². The van der Waals surface area contributed by atoms with Crippen LogP contribution in [0.5, 0.6) is 0 Å². The van der Waals surface area contributed by atoms with E-state index in [-0.39, 0.29) is 11.6 Å². The highest BCUT2D eigenvalue weighted by Crippen LogP contribution is 2.28. The third-order valence-corrected chi connectivity index (χ3v) is 3.70. The molecule has 0 radical (unpaired) electrons. The van der Waals surface area contributed by atoms with Crippen molar-refractivity contribution >= 4 is 17.3 Å². The second kappa shape index (κ2) is 7.06. The Hall–Kier alpha value is -2.11. The van der Waals surface area contributed by atoms with Crippen molar-refractivity contribution in [3.8, 4) is 0 Å². The summed E-state index contributed by atoms with van der Waals surface area (Å²) in [7, 11) is 0. The minimum atomic E-state index is -0.462. The van der Waals surface area contributed by atoms with Gasteiger partial charge in [-0.1, -0.05) is 13.3 Å². The number of unbranched alkanes of at least 4 members (excludes halogenated alkanes) is 1. The molecule has 2 rings (SSSR count). The summed E-state index contributed by atoms with van der Waals surface area (Å²) in [6, 6.07) is 4.55. The van der Waals surface area contributed by atoms with E-state index in [1.807, 2.05) is 0 Å². The zero-order chi connectivity index (χ0) is 15.2. The van der Waals surface area contributed by atoms with E-state index in [0.717, 1.165) is 44.5 Å². The van der Waals surface area contributed by atoms with Gasteiger partial charge in [0.05, 0.1) is 16.2 Å². The number of nitro groups is 1. The Kier molecular flexibility index (Phi) is 5.14. The highest BCUT2D eigenvalue weighted by Gasteiger charge is 2.22. The third-order valence-electron chi connectivity index (χ3n) is 3.70. The molecule has 0 atom stereocenters.